The molecule has 4 heteroatoms. The van der Waals surface area contributed by atoms with Crippen LogP contribution in [0.1, 0.15) is 69.9 Å². The highest BCUT2D eigenvalue weighted by Gasteiger charge is 2.28. The van der Waals surface area contributed by atoms with Crippen LogP contribution in [-0.4, -0.2) is 48.9 Å². The predicted octanol–water partition coefficient (Wildman–Crippen LogP) is 6.10. The third-order valence-electron chi connectivity index (χ3n) is 5.86. The number of unbranched alkanes of at least 4 members (excludes halogenated alkanes) is 5. The lowest BCUT2D eigenvalue weighted by atomic mass is 10.0. The Hall–Kier alpha value is -0.870. The zero-order chi connectivity index (χ0) is 20.8. The van der Waals surface area contributed by atoms with E-state index in [9.17, 15) is 4.79 Å². The largest absolute Gasteiger partial charge is 0.496 e. The number of ether oxygens (including phenoxy) is 1. The minimum Gasteiger partial charge on any atom is -0.496 e. The summed E-state index contributed by atoms with van der Waals surface area (Å²) in [6, 6.07) is 6.01. The predicted molar refractivity (Wildman–Crippen MR) is 124 cm³/mol. The van der Waals surface area contributed by atoms with Gasteiger partial charge in [-0.1, -0.05) is 54.2 Å². The molecule has 160 valence electrons. The number of alkyl halides is 1. The third-order valence-corrected chi connectivity index (χ3v) is 6.42. The van der Waals surface area contributed by atoms with Crippen LogP contribution in [0.2, 0.25) is 0 Å². The fraction of sp³-hybridized carbons (Fsp3) is 0.708. The second-order valence-corrected chi connectivity index (χ2v) is 8.84. The number of carbonyl (C=O) groups excluding carboxylic acids is 1. The van der Waals surface area contributed by atoms with E-state index in [-0.39, 0.29) is 0 Å². The number of quaternary nitrogens is 1. The molecule has 0 fully saturated rings. The minimum atomic E-state index is 0.334. The number of rotatable bonds is 16. The zero-order valence-corrected chi connectivity index (χ0v) is 20.2. The highest BCUT2D eigenvalue weighted by atomic mass is 79.9. The first kappa shape index (κ1) is 25.2. The minimum absolute atomic E-state index is 0.334. The van der Waals surface area contributed by atoms with Gasteiger partial charge in [-0.15, -0.1) is 0 Å². The SMILES string of the molecule is CCC[N+](CC)(CCCCCCCCBr)CC(=O)Cc1c(C)cccc1OC. The number of hydrogen-bond donors (Lipinski definition) is 0. The summed E-state index contributed by atoms with van der Waals surface area (Å²) >= 11 is 3.50. The van der Waals surface area contributed by atoms with Crippen LogP contribution in [0, 0.1) is 6.92 Å². The monoisotopic (exact) mass is 454 g/mol. The highest BCUT2D eigenvalue weighted by molar-refractivity contribution is 9.09. The normalized spacial score (nSPS) is 13.3. The molecule has 0 saturated heterocycles. The fourth-order valence-corrected chi connectivity index (χ4v) is 4.54. The Kier molecular flexibility index (Phi) is 12.7. The molecule has 0 saturated carbocycles. The number of likely N-dealkylation sites (N-methyl/N-ethyl adjacent to an activating group) is 1. The van der Waals surface area contributed by atoms with Gasteiger partial charge in [0.25, 0.3) is 0 Å². The highest BCUT2D eigenvalue weighted by Crippen LogP contribution is 2.23. The molecule has 1 unspecified atom stereocenters. The molecule has 1 atom stereocenters. The van der Waals surface area contributed by atoms with Gasteiger partial charge in [0.2, 0.25) is 0 Å². The number of ketones is 1. The molecule has 0 aromatic heterocycles. The molecule has 1 aromatic rings. The number of Topliss-reactive ketones (excluding diaryl/α,β-unsaturated/α-hetero) is 1. The van der Waals surface area contributed by atoms with Gasteiger partial charge in [0, 0.05) is 17.3 Å². The summed E-state index contributed by atoms with van der Waals surface area (Å²) in [4.78, 5) is 13.0. The maximum atomic E-state index is 13.0. The van der Waals surface area contributed by atoms with Crippen molar-refractivity contribution in [1.82, 2.24) is 0 Å². The van der Waals surface area contributed by atoms with E-state index in [2.05, 4.69) is 42.8 Å². The van der Waals surface area contributed by atoms with Crippen molar-refractivity contribution in [2.24, 2.45) is 0 Å². The quantitative estimate of drug-likeness (QED) is 0.171. The summed E-state index contributed by atoms with van der Waals surface area (Å²) in [5, 5.41) is 1.12. The Morgan fingerprint density at radius 1 is 1.04 bits per heavy atom. The van der Waals surface area contributed by atoms with Gasteiger partial charge < -0.3 is 9.22 Å². The summed E-state index contributed by atoms with van der Waals surface area (Å²) in [7, 11) is 1.68. The van der Waals surface area contributed by atoms with E-state index in [4.69, 9.17) is 4.74 Å². The van der Waals surface area contributed by atoms with Crippen LogP contribution in [0.5, 0.6) is 5.75 Å². The van der Waals surface area contributed by atoms with Gasteiger partial charge in [-0.3, -0.25) is 4.79 Å². The average Bonchev–Trinajstić information content (AvgIpc) is 2.68. The molecule has 0 aliphatic carbocycles. The molecule has 1 rings (SSSR count). The molecular formula is C24H41BrNO2+. The number of methoxy groups -OCH3 is 1. The Labute approximate surface area is 181 Å². The van der Waals surface area contributed by atoms with Crippen LogP contribution in [0.25, 0.3) is 0 Å². The summed E-state index contributed by atoms with van der Waals surface area (Å²) < 4.78 is 6.43. The molecule has 0 aliphatic heterocycles. The van der Waals surface area contributed by atoms with Gasteiger partial charge >= 0.3 is 0 Å². The molecule has 0 aliphatic rings. The average molecular weight is 456 g/mol. The maximum absolute atomic E-state index is 13.0. The second kappa shape index (κ2) is 14.2. The molecule has 28 heavy (non-hydrogen) atoms. The van der Waals surface area contributed by atoms with E-state index in [0.717, 1.165) is 52.7 Å². The molecule has 0 radical (unpaired) electrons. The molecule has 0 N–H and O–H groups in total. The summed E-state index contributed by atoms with van der Waals surface area (Å²) in [5.41, 5.74) is 2.19. The summed E-state index contributed by atoms with van der Waals surface area (Å²) in [6.45, 7) is 10.4. The third kappa shape index (κ3) is 8.65. The van der Waals surface area contributed by atoms with Crippen molar-refractivity contribution in [2.75, 3.05) is 38.6 Å². The number of aryl methyl sites for hydroxylation is 1. The Balaban J connectivity index is 2.65. The Morgan fingerprint density at radius 2 is 1.71 bits per heavy atom. The topological polar surface area (TPSA) is 26.3 Å². The molecular weight excluding hydrogens is 414 g/mol. The number of hydrogen-bond acceptors (Lipinski definition) is 2. The van der Waals surface area contributed by atoms with Gasteiger partial charge in [-0.25, -0.2) is 0 Å². The summed E-state index contributed by atoms with van der Waals surface area (Å²) in [6.07, 6.45) is 9.36. The van der Waals surface area contributed by atoms with Crippen LogP contribution in [0.15, 0.2) is 18.2 Å². The van der Waals surface area contributed by atoms with E-state index in [0.29, 0.717) is 18.7 Å². The van der Waals surface area contributed by atoms with Gasteiger partial charge in [-0.05, 0) is 51.2 Å². The van der Waals surface area contributed by atoms with Crippen molar-refractivity contribution in [3.8, 4) is 5.75 Å². The van der Waals surface area contributed by atoms with Crippen LogP contribution in [-0.2, 0) is 11.2 Å². The van der Waals surface area contributed by atoms with Gasteiger partial charge in [0.05, 0.1) is 26.7 Å². The summed E-state index contributed by atoms with van der Waals surface area (Å²) in [5.74, 6) is 1.17. The van der Waals surface area contributed by atoms with Gasteiger partial charge in [0.1, 0.15) is 12.3 Å². The molecule has 0 spiro atoms. The zero-order valence-electron chi connectivity index (χ0n) is 18.6. The fourth-order valence-electron chi connectivity index (χ4n) is 4.14. The van der Waals surface area contributed by atoms with Crippen LogP contribution >= 0.6 is 15.9 Å². The van der Waals surface area contributed by atoms with E-state index in [1.807, 2.05) is 12.1 Å². The first-order chi connectivity index (χ1) is 13.5. The van der Waals surface area contributed by atoms with Crippen molar-refractivity contribution in [3.05, 3.63) is 29.3 Å². The van der Waals surface area contributed by atoms with Crippen LogP contribution < -0.4 is 4.74 Å². The lowest BCUT2D eigenvalue weighted by Gasteiger charge is -2.37. The first-order valence-electron chi connectivity index (χ1n) is 11.1. The molecule has 0 amide bonds. The van der Waals surface area contributed by atoms with Crippen molar-refractivity contribution < 1.29 is 14.0 Å². The second-order valence-electron chi connectivity index (χ2n) is 8.04. The van der Waals surface area contributed by atoms with E-state index in [1.54, 1.807) is 7.11 Å². The number of nitrogens with zero attached hydrogens (tertiary/aromatic N) is 1. The van der Waals surface area contributed by atoms with Crippen molar-refractivity contribution in [3.63, 3.8) is 0 Å². The van der Waals surface area contributed by atoms with Gasteiger partial charge in [0.15, 0.2) is 5.78 Å². The van der Waals surface area contributed by atoms with E-state index in [1.165, 1.54) is 38.5 Å². The lowest BCUT2D eigenvalue weighted by Crippen LogP contribution is -2.52. The lowest BCUT2D eigenvalue weighted by molar-refractivity contribution is -0.919. The Morgan fingerprint density at radius 3 is 2.32 bits per heavy atom. The first-order valence-corrected chi connectivity index (χ1v) is 12.2. The molecule has 1 aromatic carbocycles. The van der Waals surface area contributed by atoms with Crippen molar-refractivity contribution in [1.29, 1.82) is 0 Å². The van der Waals surface area contributed by atoms with E-state index >= 15 is 0 Å². The standard InChI is InChI=1S/C24H41BrNO2/c1-5-17-26(6-2,18-12-10-8-7-9-11-16-25)20-22(27)19-23-21(3)14-13-15-24(23)28-4/h13-15H,5-12,16-20H2,1-4H3/q+1. The van der Waals surface area contributed by atoms with Gasteiger partial charge in [-0.2, -0.15) is 0 Å². The Bertz CT molecular complexity index is 576. The number of halogens is 1. The van der Waals surface area contributed by atoms with Crippen molar-refractivity contribution in [2.45, 2.75) is 72.1 Å². The number of carbonyl (C=O) groups is 1. The number of benzene rings is 1. The molecule has 3 nitrogen and oxygen atoms in total. The van der Waals surface area contributed by atoms with Crippen molar-refractivity contribution >= 4 is 21.7 Å². The molecule has 0 bridgehead atoms. The molecule has 0 heterocycles. The smallest absolute Gasteiger partial charge is 0.191 e. The maximum Gasteiger partial charge on any atom is 0.191 e. The van der Waals surface area contributed by atoms with E-state index < -0.39 is 0 Å². The van der Waals surface area contributed by atoms with Crippen LogP contribution in [0.4, 0.5) is 0 Å². The van der Waals surface area contributed by atoms with Crippen LogP contribution in [0.3, 0.4) is 0 Å².